The molecule has 2 aromatic carbocycles. The number of aryl methyl sites for hydroxylation is 2. The molecule has 0 saturated heterocycles. The van der Waals surface area contributed by atoms with Crippen LogP contribution < -0.4 is 10.9 Å². The predicted octanol–water partition coefficient (Wildman–Crippen LogP) is 4.59. The lowest BCUT2D eigenvalue weighted by atomic mass is 10.0. The summed E-state index contributed by atoms with van der Waals surface area (Å²) in [5.74, 6) is -0.329. The zero-order chi connectivity index (χ0) is 20.4. The van der Waals surface area contributed by atoms with Gasteiger partial charge in [0.05, 0.1) is 6.04 Å². The van der Waals surface area contributed by atoms with Gasteiger partial charge < -0.3 is 14.6 Å². The first-order valence-corrected chi connectivity index (χ1v) is 9.51. The van der Waals surface area contributed by atoms with Gasteiger partial charge in [-0.2, -0.15) is 0 Å². The van der Waals surface area contributed by atoms with Gasteiger partial charge in [0.1, 0.15) is 11.4 Å². The maximum atomic E-state index is 14.4. The molecule has 0 aliphatic rings. The molecule has 0 spiro atoms. The maximum absolute atomic E-state index is 14.4. The first-order valence-electron chi connectivity index (χ1n) is 9.13. The normalized spacial score (nSPS) is 12.7. The SMILES string of the molecule is Cc1ccc2c(CNC[C@H](c3c(F)cccc3Cl)N(C)C)cc(=O)oc2c1C. The molecule has 0 unspecified atom stereocenters. The van der Waals surface area contributed by atoms with Crippen molar-refractivity contribution in [3.8, 4) is 0 Å². The summed E-state index contributed by atoms with van der Waals surface area (Å²) in [6, 6.07) is 9.95. The average molecular weight is 403 g/mol. The molecule has 148 valence electrons. The predicted molar refractivity (Wildman–Crippen MR) is 112 cm³/mol. The van der Waals surface area contributed by atoms with E-state index in [1.165, 1.54) is 12.1 Å². The Balaban J connectivity index is 1.86. The van der Waals surface area contributed by atoms with Gasteiger partial charge in [0.25, 0.3) is 0 Å². The molecule has 1 N–H and O–H groups in total. The van der Waals surface area contributed by atoms with E-state index in [0.29, 0.717) is 29.3 Å². The lowest BCUT2D eigenvalue weighted by Gasteiger charge is -2.26. The molecule has 1 atom stereocenters. The number of halogens is 2. The highest BCUT2D eigenvalue weighted by Crippen LogP contribution is 2.29. The van der Waals surface area contributed by atoms with Crippen LogP contribution >= 0.6 is 11.6 Å². The molecule has 3 rings (SSSR count). The van der Waals surface area contributed by atoms with Crippen LogP contribution in [0.5, 0.6) is 0 Å². The summed E-state index contributed by atoms with van der Waals surface area (Å²) in [4.78, 5) is 13.9. The van der Waals surface area contributed by atoms with Gasteiger partial charge in [-0.15, -0.1) is 0 Å². The van der Waals surface area contributed by atoms with E-state index in [1.807, 2.05) is 45.0 Å². The van der Waals surface area contributed by atoms with Crippen LogP contribution in [-0.2, 0) is 6.54 Å². The molecular formula is C22H24ClFN2O2. The van der Waals surface area contributed by atoms with Crippen molar-refractivity contribution in [2.75, 3.05) is 20.6 Å². The number of nitrogens with zero attached hydrogens (tertiary/aromatic N) is 1. The van der Waals surface area contributed by atoms with Crippen LogP contribution in [0.25, 0.3) is 11.0 Å². The maximum Gasteiger partial charge on any atom is 0.336 e. The van der Waals surface area contributed by atoms with Gasteiger partial charge in [0.15, 0.2) is 0 Å². The Kier molecular flexibility index (Phi) is 6.18. The topological polar surface area (TPSA) is 45.5 Å². The molecule has 28 heavy (non-hydrogen) atoms. The zero-order valence-corrected chi connectivity index (χ0v) is 17.2. The molecule has 0 bridgehead atoms. The van der Waals surface area contributed by atoms with E-state index in [4.69, 9.17) is 16.0 Å². The summed E-state index contributed by atoms with van der Waals surface area (Å²) in [7, 11) is 3.77. The van der Waals surface area contributed by atoms with E-state index < -0.39 is 0 Å². The van der Waals surface area contributed by atoms with Crippen molar-refractivity contribution in [1.29, 1.82) is 0 Å². The van der Waals surface area contributed by atoms with Crippen LogP contribution in [0.2, 0.25) is 5.02 Å². The molecule has 0 radical (unpaired) electrons. The third-order valence-electron chi connectivity index (χ3n) is 5.13. The summed E-state index contributed by atoms with van der Waals surface area (Å²) in [5.41, 5.74) is 3.59. The molecule has 1 aromatic heterocycles. The highest BCUT2D eigenvalue weighted by Gasteiger charge is 2.21. The molecule has 0 fully saturated rings. The van der Waals surface area contributed by atoms with Crippen molar-refractivity contribution in [2.45, 2.75) is 26.4 Å². The van der Waals surface area contributed by atoms with Gasteiger partial charge in [-0.3, -0.25) is 0 Å². The van der Waals surface area contributed by atoms with E-state index >= 15 is 0 Å². The van der Waals surface area contributed by atoms with Crippen molar-refractivity contribution in [2.24, 2.45) is 0 Å². The number of hydrogen-bond donors (Lipinski definition) is 1. The zero-order valence-electron chi connectivity index (χ0n) is 16.5. The second kappa shape index (κ2) is 8.43. The third kappa shape index (κ3) is 4.12. The summed E-state index contributed by atoms with van der Waals surface area (Å²) in [5, 5.41) is 4.65. The molecule has 0 aliphatic heterocycles. The monoisotopic (exact) mass is 402 g/mol. The second-order valence-corrected chi connectivity index (χ2v) is 7.63. The van der Waals surface area contributed by atoms with Crippen LogP contribution in [-0.4, -0.2) is 25.5 Å². The Bertz CT molecular complexity index is 1040. The van der Waals surface area contributed by atoms with Crippen LogP contribution in [0.15, 0.2) is 45.6 Å². The summed E-state index contributed by atoms with van der Waals surface area (Å²) < 4.78 is 19.8. The second-order valence-electron chi connectivity index (χ2n) is 7.22. The van der Waals surface area contributed by atoms with Gasteiger partial charge in [0, 0.05) is 35.1 Å². The van der Waals surface area contributed by atoms with Gasteiger partial charge in [-0.05, 0) is 56.8 Å². The first-order chi connectivity index (χ1) is 13.3. The number of nitrogens with one attached hydrogen (secondary N) is 1. The van der Waals surface area contributed by atoms with E-state index in [1.54, 1.807) is 12.1 Å². The number of benzene rings is 2. The van der Waals surface area contributed by atoms with Gasteiger partial charge in [-0.25, -0.2) is 9.18 Å². The largest absolute Gasteiger partial charge is 0.422 e. The van der Waals surface area contributed by atoms with E-state index in [0.717, 1.165) is 22.1 Å². The summed E-state index contributed by atoms with van der Waals surface area (Å²) in [6.45, 7) is 4.86. The van der Waals surface area contributed by atoms with Crippen molar-refractivity contribution < 1.29 is 8.81 Å². The first kappa shape index (κ1) is 20.5. The van der Waals surface area contributed by atoms with Gasteiger partial charge >= 0.3 is 5.63 Å². The average Bonchev–Trinajstić information content (AvgIpc) is 2.63. The van der Waals surface area contributed by atoms with Crippen molar-refractivity contribution in [3.05, 3.63) is 79.9 Å². The minimum absolute atomic E-state index is 0.246. The minimum Gasteiger partial charge on any atom is -0.422 e. The summed E-state index contributed by atoms with van der Waals surface area (Å²) >= 11 is 6.25. The van der Waals surface area contributed by atoms with Crippen LogP contribution in [0.4, 0.5) is 4.39 Å². The van der Waals surface area contributed by atoms with Crippen molar-refractivity contribution in [1.82, 2.24) is 10.2 Å². The number of rotatable bonds is 6. The Labute approximate surface area is 168 Å². The molecule has 6 heteroatoms. The van der Waals surface area contributed by atoms with E-state index in [9.17, 15) is 9.18 Å². The van der Waals surface area contributed by atoms with E-state index in [-0.39, 0.29) is 17.5 Å². The Morgan fingerprint density at radius 2 is 1.96 bits per heavy atom. The van der Waals surface area contributed by atoms with Crippen LogP contribution in [0, 0.1) is 19.7 Å². The Morgan fingerprint density at radius 1 is 1.21 bits per heavy atom. The van der Waals surface area contributed by atoms with Crippen molar-refractivity contribution >= 4 is 22.6 Å². The number of hydrogen-bond acceptors (Lipinski definition) is 4. The minimum atomic E-state index is -0.376. The number of fused-ring (bicyclic) bond motifs is 1. The molecule has 4 nitrogen and oxygen atoms in total. The third-order valence-corrected chi connectivity index (χ3v) is 5.46. The van der Waals surface area contributed by atoms with Gasteiger partial charge in [0.2, 0.25) is 0 Å². The molecular weight excluding hydrogens is 379 g/mol. The number of likely N-dealkylation sites (N-methyl/N-ethyl adjacent to an activating group) is 1. The smallest absolute Gasteiger partial charge is 0.336 e. The van der Waals surface area contributed by atoms with Crippen LogP contribution in [0.1, 0.15) is 28.3 Å². The molecule has 0 aliphatic carbocycles. The fourth-order valence-corrected chi connectivity index (χ4v) is 3.68. The Hall–Kier alpha value is -2.21. The van der Waals surface area contributed by atoms with Crippen molar-refractivity contribution in [3.63, 3.8) is 0 Å². The standard InChI is InChI=1S/C22H24ClFN2O2/c1-13-8-9-16-15(10-20(27)28-22(16)14(13)2)11-25-12-19(26(3)4)21-17(23)6-5-7-18(21)24/h5-10,19,25H,11-12H2,1-4H3/t19-/m1/s1. The van der Waals surface area contributed by atoms with Crippen LogP contribution in [0.3, 0.4) is 0 Å². The fraction of sp³-hybridized carbons (Fsp3) is 0.318. The van der Waals surface area contributed by atoms with E-state index in [2.05, 4.69) is 5.32 Å². The van der Waals surface area contributed by atoms with Gasteiger partial charge in [-0.1, -0.05) is 29.8 Å². The molecule has 0 amide bonds. The molecule has 3 aromatic rings. The quantitative estimate of drug-likeness (QED) is 0.612. The lowest BCUT2D eigenvalue weighted by molar-refractivity contribution is 0.281. The highest BCUT2D eigenvalue weighted by molar-refractivity contribution is 6.31. The lowest BCUT2D eigenvalue weighted by Crippen LogP contribution is -2.32. The molecule has 1 heterocycles. The Morgan fingerprint density at radius 3 is 2.64 bits per heavy atom. The fourth-order valence-electron chi connectivity index (χ4n) is 3.39. The summed E-state index contributed by atoms with van der Waals surface area (Å²) in [6.07, 6.45) is 0. The highest BCUT2D eigenvalue weighted by atomic mass is 35.5. The molecule has 0 saturated carbocycles.